The minimum absolute atomic E-state index is 0.843. The number of furan rings is 1. The van der Waals surface area contributed by atoms with Crippen LogP contribution in [0.15, 0.2) is 77.2 Å². The summed E-state index contributed by atoms with van der Waals surface area (Å²) in [5, 5.41) is 4.82. The standard InChI is InChI=1S/C25H20N2O/c1-16-21(27-15-26(2)22-9-5-6-10-23(22)27)12-11-19-20-13-17-7-3-4-8-18(17)14-24(20)28-25(16)19/h3-14H,15H2,1-2H3. The number of rotatable bonds is 1. The molecule has 0 saturated carbocycles. The fourth-order valence-electron chi connectivity index (χ4n) is 4.53. The molecule has 0 aliphatic carbocycles. The zero-order valence-corrected chi connectivity index (χ0v) is 15.9. The van der Waals surface area contributed by atoms with Gasteiger partial charge in [0, 0.05) is 29.1 Å². The molecule has 0 radical (unpaired) electrons. The number of hydrogen-bond donors (Lipinski definition) is 0. The Labute approximate surface area is 163 Å². The topological polar surface area (TPSA) is 19.6 Å². The molecule has 0 amide bonds. The molecule has 136 valence electrons. The molecule has 0 unspecified atom stereocenters. The van der Waals surface area contributed by atoms with Gasteiger partial charge in [-0.2, -0.15) is 0 Å². The van der Waals surface area contributed by atoms with E-state index in [1.54, 1.807) is 0 Å². The van der Waals surface area contributed by atoms with E-state index in [1.807, 2.05) is 0 Å². The quantitative estimate of drug-likeness (QED) is 0.334. The SMILES string of the molecule is Cc1c(N2CN(C)c3ccccc32)ccc2c1oc1cc3ccccc3cc12. The van der Waals surface area contributed by atoms with Gasteiger partial charge in [0.05, 0.1) is 18.0 Å². The lowest BCUT2D eigenvalue weighted by Crippen LogP contribution is -2.24. The number of nitrogens with zero attached hydrogens (tertiary/aromatic N) is 2. The van der Waals surface area contributed by atoms with Gasteiger partial charge in [-0.05, 0) is 54.1 Å². The van der Waals surface area contributed by atoms with Crippen LogP contribution in [0.4, 0.5) is 17.1 Å². The fourth-order valence-corrected chi connectivity index (χ4v) is 4.53. The van der Waals surface area contributed by atoms with Crippen molar-refractivity contribution in [2.45, 2.75) is 6.92 Å². The van der Waals surface area contributed by atoms with Gasteiger partial charge < -0.3 is 14.2 Å². The molecule has 0 saturated heterocycles. The lowest BCUT2D eigenvalue weighted by Gasteiger charge is -2.21. The summed E-state index contributed by atoms with van der Waals surface area (Å²) in [5.41, 5.74) is 6.82. The van der Waals surface area contributed by atoms with E-state index in [0.29, 0.717) is 0 Å². The highest BCUT2D eigenvalue weighted by Gasteiger charge is 2.26. The van der Waals surface area contributed by atoms with Crippen molar-refractivity contribution >= 4 is 49.8 Å². The third-order valence-corrected chi connectivity index (χ3v) is 5.96. The van der Waals surface area contributed by atoms with Crippen LogP contribution in [0.25, 0.3) is 32.7 Å². The molecule has 5 aromatic rings. The number of para-hydroxylation sites is 2. The normalized spacial score (nSPS) is 13.8. The van der Waals surface area contributed by atoms with Crippen LogP contribution in [0.2, 0.25) is 0 Å². The molecule has 28 heavy (non-hydrogen) atoms. The second-order valence-electron chi connectivity index (χ2n) is 7.64. The van der Waals surface area contributed by atoms with E-state index >= 15 is 0 Å². The van der Waals surface area contributed by atoms with E-state index in [9.17, 15) is 0 Å². The van der Waals surface area contributed by atoms with Crippen molar-refractivity contribution in [1.82, 2.24) is 0 Å². The van der Waals surface area contributed by atoms with Crippen LogP contribution >= 0.6 is 0 Å². The average molecular weight is 364 g/mol. The summed E-state index contributed by atoms with van der Waals surface area (Å²) in [6, 6.07) is 25.9. The molecule has 0 fully saturated rings. The first-order chi connectivity index (χ1) is 13.7. The molecule has 3 nitrogen and oxygen atoms in total. The van der Waals surface area contributed by atoms with Gasteiger partial charge in [-0.25, -0.2) is 0 Å². The molecule has 3 heteroatoms. The number of hydrogen-bond acceptors (Lipinski definition) is 3. The summed E-state index contributed by atoms with van der Waals surface area (Å²) < 4.78 is 6.37. The first-order valence-electron chi connectivity index (χ1n) is 9.63. The number of aryl methyl sites for hydroxylation is 1. The molecule has 0 spiro atoms. The Balaban J connectivity index is 1.59. The van der Waals surface area contributed by atoms with E-state index in [2.05, 4.69) is 96.6 Å². The monoisotopic (exact) mass is 364 g/mol. The summed E-state index contributed by atoms with van der Waals surface area (Å²) in [6.07, 6.45) is 0. The zero-order valence-electron chi connectivity index (χ0n) is 15.9. The number of benzene rings is 4. The summed E-state index contributed by atoms with van der Waals surface area (Å²) in [6.45, 7) is 3.01. The maximum absolute atomic E-state index is 6.37. The maximum atomic E-state index is 6.37. The van der Waals surface area contributed by atoms with Crippen molar-refractivity contribution in [3.63, 3.8) is 0 Å². The molecule has 0 N–H and O–H groups in total. The Morgan fingerprint density at radius 2 is 1.46 bits per heavy atom. The van der Waals surface area contributed by atoms with Gasteiger partial charge in [0.15, 0.2) is 0 Å². The highest BCUT2D eigenvalue weighted by molar-refractivity contribution is 6.11. The third-order valence-electron chi connectivity index (χ3n) is 5.96. The Bertz CT molecular complexity index is 1380. The highest BCUT2D eigenvalue weighted by atomic mass is 16.3. The predicted molar refractivity (Wildman–Crippen MR) is 118 cm³/mol. The second kappa shape index (κ2) is 5.52. The summed E-state index contributed by atoms with van der Waals surface area (Å²) >= 11 is 0. The van der Waals surface area contributed by atoms with Gasteiger partial charge in [0.25, 0.3) is 0 Å². The van der Waals surface area contributed by atoms with Crippen molar-refractivity contribution in [3.05, 3.63) is 78.4 Å². The van der Waals surface area contributed by atoms with E-state index < -0.39 is 0 Å². The largest absolute Gasteiger partial charge is 0.456 e. The fraction of sp³-hybridized carbons (Fsp3) is 0.120. The van der Waals surface area contributed by atoms with Crippen molar-refractivity contribution in [1.29, 1.82) is 0 Å². The molecular weight excluding hydrogens is 344 g/mol. The van der Waals surface area contributed by atoms with Gasteiger partial charge in [-0.3, -0.25) is 0 Å². The van der Waals surface area contributed by atoms with Crippen LogP contribution in [0.5, 0.6) is 0 Å². The highest BCUT2D eigenvalue weighted by Crippen LogP contribution is 2.43. The summed E-state index contributed by atoms with van der Waals surface area (Å²) in [7, 11) is 2.14. The molecule has 1 aliphatic heterocycles. The van der Waals surface area contributed by atoms with Crippen molar-refractivity contribution in [2.75, 3.05) is 23.5 Å². The van der Waals surface area contributed by atoms with Crippen LogP contribution in [0.3, 0.4) is 0 Å². The molecular formula is C25H20N2O. The minimum atomic E-state index is 0.843. The smallest absolute Gasteiger partial charge is 0.140 e. The molecule has 0 bridgehead atoms. The van der Waals surface area contributed by atoms with Crippen LogP contribution in [0, 0.1) is 6.92 Å². The first kappa shape index (κ1) is 15.6. The minimum Gasteiger partial charge on any atom is -0.456 e. The van der Waals surface area contributed by atoms with Gasteiger partial charge >= 0.3 is 0 Å². The molecule has 0 atom stereocenters. The molecule has 6 rings (SSSR count). The van der Waals surface area contributed by atoms with Gasteiger partial charge in [-0.15, -0.1) is 0 Å². The van der Waals surface area contributed by atoms with E-state index in [4.69, 9.17) is 4.42 Å². The van der Waals surface area contributed by atoms with E-state index in [1.165, 1.54) is 44.2 Å². The van der Waals surface area contributed by atoms with Crippen LogP contribution in [-0.2, 0) is 0 Å². The van der Waals surface area contributed by atoms with E-state index in [-0.39, 0.29) is 0 Å². The van der Waals surface area contributed by atoms with Gasteiger partial charge in [-0.1, -0.05) is 36.4 Å². The van der Waals surface area contributed by atoms with Crippen LogP contribution in [0.1, 0.15) is 5.56 Å². The summed E-state index contributed by atoms with van der Waals surface area (Å²) in [4.78, 5) is 4.65. The van der Waals surface area contributed by atoms with Gasteiger partial charge in [0.1, 0.15) is 11.2 Å². The van der Waals surface area contributed by atoms with Crippen LogP contribution in [-0.4, -0.2) is 13.7 Å². The van der Waals surface area contributed by atoms with Gasteiger partial charge in [0.2, 0.25) is 0 Å². The van der Waals surface area contributed by atoms with Crippen LogP contribution < -0.4 is 9.80 Å². The average Bonchev–Trinajstić information content (AvgIpc) is 3.25. The number of anilines is 3. The lowest BCUT2D eigenvalue weighted by molar-refractivity contribution is 0.666. The third kappa shape index (κ3) is 2.04. The maximum Gasteiger partial charge on any atom is 0.140 e. The van der Waals surface area contributed by atoms with Crippen molar-refractivity contribution in [3.8, 4) is 0 Å². The second-order valence-corrected chi connectivity index (χ2v) is 7.64. The summed E-state index contributed by atoms with van der Waals surface area (Å²) in [5.74, 6) is 0. The molecule has 1 aliphatic rings. The Morgan fingerprint density at radius 1 is 0.750 bits per heavy atom. The molecule has 2 heterocycles. The Hall–Kier alpha value is -3.46. The number of fused-ring (bicyclic) bond motifs is 5. The Kier molecular flexibility index (Phi) is 3.07. The molecule has 4 aromatic carbocycles. The zero-order chi connectivity index (χ0) is 18.8. The predicted octanol–water partition coefficient (Wildman–Crippen LogP) is 6.59. The van der Waals surface area contributed by atoms with Crippen molar-refractivity contribution in [2.24, 2.45) is 0 Å². The lowest BCUT2D eigenvalue weighted by atomic mass is 10.0. The van der Waals surface area contributed by atoms with E-state index in [0.717, 1.165) is 17.8 Å². The molecule has 1 aromatic heterocycles. The first-order valence-corrected chi connectivity index (χ1v) is 9.63. The van der Waals surface area contributed by atoms with Crippen molar-refractivity contribution < 1.29 is 4.42 Å². The Morgan fingerprint density at radius 3 is 2.29 bits per heavy atom.